The maximum absolute atomic E-state index is 6.60. The molecule has 12 aromatic rings. The summed E-state index contributed by atoms with van der Waals surface area (Å²) < 4.78 is 13.2. The number of hydrogen-bond acceptors (Lipinski definition) is 6. The molecule has 0 radical (unpaired) electrons. The average Bonchev–Trinajstić information content (AvgIpc) is 3.90. The molecule has 0 saturated heterocycles. The van der Waals surface area contributed by atoms with Gasteiger partial charge >= 0.3 is 0 Å². The van der Waals surface area contributed by atoms with Crippen LogP contribution in [0.25, 0.3) is 122 Å². The first-order chi connectivity index (χ1) is 29.7. The van der Waals surface area contributed by atoms with Crippen molar-refractivity contribution in [2.75, 3.05) is 0 Å². The standard InChI is InChI=1S/C54H32N4O2/c1-2-12-34(13-3-1)54-57-47(33-24-26-35(27-25-33)53-55-32-36-14-4-7-21-46(36)56-53)31-48(58-54)39-29-37(40-17-10-19-44-42-15-5-8-22-49(42)59-51(40)44)28-38(30-39)41-18-11-20-45-43-16-6-9-23-50(43)60-52(41)45/h1-32H. The molecule has 0 aliphatic carbocycles. The van der Waals surface area contributed by atoms with Crippen LogP contribution in [0, 0.1) is 0 Å². The fourth-order valence-corrected chi connectivity index (χ4v) is 8.40. The third-order valence-corrected chi connectivity index (χ3v) is 11.3. The van der Waals surface area contributed by atoms with Crippen molar-refractivity contribution < 1.29 is 8.83 Å². The summed E-state index contributed by atoms with van der Waals surface area (Å²) in [6, 6.07) is 64.4. The molecule has 0 N–H and O–H groups in total. The fraction of sp³-hybridized carbons (Fsp3) is 0. The molecule has 0 saturated carbocycles. The summed E-state index contributed by atoms with van der Waals surface area (Å²) in [6.45, 7) is 0. The second-order valence-corrected chi connectivity index (χ2v) is 15.0. The van der Waals surface area contributed by atoms with Gasteiger partial charge in [0.1, 0.15) is 22.3 Å². The van der Waals surface area contributed by atoms with Gasteiger partial charge in [-0.3, -0.25) is 0 Å². The van der Waals surface area contributed by atoms with Crippen molar-refractivity contribution in [1.82, 2.24) is 19.9 Å². The van der Waals surface area contributed by atoms with E-state index in [0.717, 1.165) is 111 Å². The average molecular weight is 769 g/mol. The van der Waals surface area contributed by atoms with E-state index in [4.69, 9.17) is 23.8 Å². The number of hydrogen-bond donors (Lipinski definition) is 0. The monoisotopic (exact) mass is 768 g/mol. The molecule has 0 spiro atoms. The van der Waals surface area contributed by atoms with Crippen molar-refractivity contribution in [1.29, 1.82) is 0 Å². The summed E-state index contributed by atoms with van der Waals surface area (Å²) in [5.74, 6) is 1.31. The zero-order chi connectivity index (χ0) is 39.6. The van der Waals surface area contributed by atoms with Gasteiger partial charge in [0.05, 0.1) is 16.9 Å². The second-order valence-electron chi connectivity index (χ2n) is 15.0. The van der Waals surface area contributed by atoms with E-state index in [-0.39, 0.29) is 0 Å². The van der Waals surface area contributed by atoms with Gasteiger partial charge in [0.25, 0.3) is 0 Å². The van der Waals surface area contributed by atoms with Gasteiger partial charge in [0, 0.05) is 66.5 Å². The molecule has 12 rings (SSSR count). The molecule has 6 nitrogen and oxygen atoms in total. The molecule has 0 atom stereocenters. The lowest BCUT2D eigenvalue weighted by Crippen LogP contribution is -1.97. The smallest absolute Gasteiger partial charge is 0.160 e. The Kier molecular flexibility index (Phi) is 7.74. The number of benzene rings is 8. The summed E-state index contributed by atoms with van der Waals surface area (Å²) >= 11 is 0. The van der Waals surface area contributed by atoms with E-state index in [9.17, 15) is 0 Å². The fourth-order valence-electron chi connectivity index (χ4n) is 8.40. The third-order valence-electron chi connectivity index (χ3n) is 11.3. The van der Waals surface area contributed by atoms with Gasteiger partial charge in [0.2, 0.25) is 0 Å². The lowest BCUT2D eigenvalue weighted by molar-refractivity contribution is 0.670. The zero-order valence-corrected chi connectivity index (χ0v) is 32.1. The molecule has 280 valence electrons. The number of para-hydroxylation sites is 5. The molecule has 0 bridgehead atoms. The largest absolute Gasteiger partial charge is 0.455 e. The Balaban J connectivity index is 1.06. The SMILES string of the molecule is c1ccc(-c2nc(-c3ccc(-c4ncc5ccccc5n4)cc3)cc(-c3cc(-c4cccc5c4oc4ccccc45)cc(-c4cccc5c4oc4ccccc45)c3)n2)cc1. The maximum atomic E-state index is 6.60. The quantitative estimate of drug-likeness (QED) is 0.168. The number of nitrogens with zero attached hydrogens (tertiary/aromatic N) is 4. The first-order valence-electron chi connectivity index (χ1n) is 19.9. The van der Waals surface area contributed by atoms with Gasteiger partial charge in [-0.2, -0.15) is 0 Å². The minimum Gasteiger partial charge on any atom is -0.455 e. The summed E-state index contributed by atoms with van der Waals surface area (Å²) in [4.78, 5) is 19.9. The van der Waals surface area contributed by atoms with Gasteiger partial charge in [-0.1, -0.05) is 146 Å². The first-order valence-corrected chi connectivity index (χ1v) is 19.9. The van der Waals surface area contributed by atoms with Crippen LogP contribution in [0.2, 0.25) is 0 Å². The van der Waals surface area contributed by atoms with Gasteiger partial charge < -0.3 is 8.83 Å². The Morgan fingerprint density at radius 3 is 1.52 bits per heavy atom. The lowest BCUT2D eigenvalue weighted by Gasteiger charge is -2.14. The molecule has 4 heterocycles. The van der Waals surface area contributed by atoms with E-state index in [2.05, 4.69) is 126 Å². The van der Waals surface area contributed by atoms with Crippen molar-refractivity contribution >= 4 is 54.8 Å². The van der Waals surface area contributed by atoms with E-state index in [1.807, 2.05) is 72.9 Å². The van der Waals surface area contributed by atoms with E-state index in [0.29, 0.717) is 11.6 Å². The molecule has 0 amide bonds. The molecule has 0 aliphatic heterocycles. The lowest BCUT2D eigenvalue weighted by atomic mass is 9.93. The minimum atomic E-state index is 0.635. The third kappa shape index (κ3) is 5.73. The van der Waals surface area contributed by atoms with Crippen LogP contribution in [-0.4, -0.2) is 19.9 Å². The highest BCUT2D eigenvalue weighted by atomic mass is 16.3. The van der Waals surface area contributed by atoms with Gasteiger partial charge in [-0.15, -0.1) is 0 Å². The molecule has 0 aliphatic rings. The zero-order valence-electron chi connectivity index (χ0n) is 32.1. The maximum Gasteiger partial charge on any atom is 0.160 e. The number of aromatic nitrogens is 4. The Bertz CT molecular complexity index is 3480. The number of furan rings is 2. The Labute approximate surface area is 344 Å². The van der Waals surface area contributed by atoms with Crippen LogP contribution in [0.5, 0.6) is 0 Å². The summed E-state index contributed by atoms with van der Waals surface area (Å²) in [5.41, 5.74) is 13.6. The Hall–Kier alpha value is -8.22. The summed E-state index contributed by atoms with van der Waals surface area (Å²) in [5, 5.41) is 5.33. The molecule has 4 aromatic heterocycles. The van der Waals surface area contributed by atoms with Crippen molar-refractivity contribution in [3.63, 3.8) is 0 Å². The highest BCUT2D eigenvalue weighted by molar-refractivity contribution is 6.11. The molecule has 60 heavy (non-hydrogen) atoms. The normalized spacial score (nSPS) is 11.7. The Morgan fingerprint density at radius 2 is 0.850 bits per heavy atom. The van der Waals surface area contributed by atoms with Crippen molar-refractivity contribution in [3.05, 3.63) is 194 Å². The van der Waals surface area contributed by atoms with Crippen LogP contribution < -0.4 is 0 Å². The number of fused-ring (bicyclic) bond motifs is 7. The second kappa shape index (κ2) is 13.7. The Morgan fingerprint density at radius 1 is 0.333 bits per heavy atom. The van der Waals surface area contributed by atoms with Crippen LogP contribution in [0.15, 0.2) is 203 Å². The van der Waals surface area contributed by atoms with Crippen molar-refractivity contribution in [2.45, 2.75) is 0 Å². The highest BCUT2D eigenvalue weighted by Gasteiger charge is 2.19. The predicted octanol–water partition coefficient (Wildman–Crippen LogP) is 14.2. The first kappa shape index (κ1) is 33.9. The van der Waals surface area contributed by atoms with Gasteiger partial charge in [-0.05, 0) is 53.6 Å². The van der Waals surface area contributed by atoms with Crippen LogP contribution in [-0.2, 0) is 0 Å². The van der Waals surface area contributed by atoms with Crippen LogP contribution >= 0.6 is 0 Å². The minimum absolute atomic E-state index is 0.635. The summed E-state index contributed by atoms with van der Waals surface area (Å²) in [7, 11) is 0. The van der Waals surface area contributed by atoms with Crippen LogP contribution in [0.4, 0.5) is 0 Å². The molecule has 0 fully saturated rings. The molecule has 0 unspecified atom stereocenters. The van der Waals surface area contributed by atoms with Crippen molar-refractivity contribution in [2.24, 2.45) is 0 Å². The molecule has 8 aromatic carbocycles. The van der Waals surface area contributed by atoms with E-state index in [1.165, 1.54) is 0 Å². The van der Waals surface area contributed by atoms with E-state index >= 15 is 0 Å². The van der Waals surface area contributed by atoms with Crippen molar-refractivity contribution in [3.8, 4) is 67.5 Å². The molecule has 6 heteroatoms. The highest BCUT2D eigenvalue weighted by Crippen LogP contribution is 2.42. The molecular formula is C54H32N4O2. The number of rotatable bonds is 6. The van der Waals surface area contributed by atoms with Gasteiger partial charge in [0.15, 0.2) is 11.6 Å². The van der Waals surface area contributed by atoms with Gasteiger partial charge in [-0.25, -0.2) is 19.9 Å². The van der Waals surface area contributed by atoms with E-state index < -0.39 is 0 Å². The van der Waals surface area contributed by atoms with Crippen LogP contribution in [0.3, 0.4) is 0 Å². The molecular weight excluding hydrogens is 737 g/mol. The van der Waals surface area contributed by atoms with E-state index in [1.54, 1.807) is 0 Å². The van der Waals surface area contributed by atoms with Crippen LogP contribution in [0.1, 0.15) is 0 Å². The predicted molar refractivity (Wildman–Crippen MR) is 242 cm³/mol. The topological polar surface area (TPSA) is 77.8 Å². The summed E-state index contributed by atoms with van der Waals surface area (Å²) in [6.07, 6.45) is 1.88.